The summed E-state index contributed by atoms with van der Waals surface area (Å²) in [5, 5.41) is 3.40. The van der Waals surface area contributed by atoms with Gasteiger partial charge >= 0.3 is 0 Å². The Kier molecular flexibility index (Phi) is 2.79. The first-order valence-electron chi connectivity index (χ1n) is 4.90. The quantitative estimate of drug-likeness (QED) is 0.578. The van der Waals surface area contributed by atoms with Gasteiger partial charge < -0.3 is 5.32 Å². The van der Waals surface area contributed by atoms with Gasteiger partial charge in [-0.15, -0.1) is 0 Å². The number of hydrogen-bond donors (Lipinski definition) is 3. The van der Waals surface area contributed by atoms with Crippen LogP contribution in [0.25, 0.3) is 0 Å². The van der Waals surface area contributed by atoms with Crippen molar-refractivity contribution in [3.8, 4) is 0 Å². The lowest BCUT2D eigenvalue weighted by Crippen LogP contribution is -2.42. The van der Waals surface area contributed by atoms with Crippen LogP contribution in [-0.4, -0.2) is 15.5 Å². The molecule has 5 nitrogen and oxygen atoms in total. The molecule has 0 radical (unpaired) electrons. The average Bonchev–Trinajstić information content (AvgIpc) is 2.19. The van der Waals surface area contributed by atoms with Crippen LogP contribution in [0.2, 0.25) is 0 Å². The van der Waals surface area contributed by atoms with Crippen LogP contribution in [-0.2, 0) is 0 Å². The van der Waals surface area contributed by atoms with Crippen molar-refractivity contribution in [2.75, 3.05) is 10.7 Å². The molecule has 1 aromatic rings. The van der Waals surface area contributed by atoms with E-state index in [0.717, 1.165) is 10.3 Å². The van der Waals surface area contributed by atoms with Gasteiger partial charge in [0.05, 0.1) is 4.47 Å². The third-order valence-electron chi connectivity index (χ3n) is 2.75. The van der Waals surface area contributed by atoms with Crippen LogP contribution >= 0.6 is 15.9 Å². The first-order chi connectivity index (χ1) is 7.13. The highest BCUT2D eigenvalue weighted by molar-refractivity contribution is 9.10. The maximum absolute atomic E-state index is 5.26. The van der Waals surface area contributed by atoms with Gasteiger partial charge in [0.1, 0.15) is 5.82 Å². The molecule has 0 aliphatic heterocycles. The van der Waals surface area contributed by atoms with Gasteiger partial charge in [0.25, 0.3) is 0 Å². The van der Waals surface area contributed by atoms with Gasteiger partial charge in [0.15, 0.2) is 0 Å². The van der Waals surface area contributed by atoms with E-state index in [4.69, 9.17) is 5.84 Å². The summed E-state index contributed by atoms with van der Waals surface area (Å²) < 4.78 is 0.856. The van der Waals surface area contributed by atoms with Crippen molar-refractivity contribution in [1.29, 1.82) is 0 Å². The van der Waals surface area contributed by atoms with Crippen molar-refractivity contribution in [3.63, 3.8) is 0 Å². The molecule has 0 bridgehead atoms. The molecule has 6 heteroatoms. The molecule has 82 valence electrons. The number of nitrogens with two attached hydrogens (primary N) is 1. The van der Waals surface area contributed by atoms with Crippen LogP contribution in [0.15, 0.2) is 10.7 Å². The first kappa shape index (κ1) is 10.6. The van der Waals surface area contributed by atoms with Crippen molar-refractivity contribution >= 4 is 27.7 Å². The molecular formula is C9H14BrN5. The predicted octanol–water partition coefficient (Wildman–Crippen LogP) is 1.88. The fourth-order valence-electron chi connectivity index (χ4n) is 1.64. The molecule has 0 atom stereocenters. The second-order valence-electron chi connectivity index (χ2n) is 4.07. The number of nitrogens with one attached hydrogen (secondary N) is 2. The van der Waals surface area contributed by atoms with Crippen LogP contribution < -0.4 is 16.6 Å². The van der Waals surface area contributed by atoms with Gasteiger partial charge in [0, 0.05) is 11.7 Å². The summed E-state index contributed by atoms with van der Waals surface area (Å²) in [7, 11) is 0. The highest BCUT2D eigenvalue weighted by Gasteiger charge is 2.32. The van der Waals surface area contributed by atoms with E-state index >= 15 is 0 Å². The lowest BCUT2D eigenvalue weighted by atomic mass is 9.78. The number of hydrogen-bond acceptors (Lipinski definition) is 5. The molecule has 1 aliphatic rings. The average molecular weight is 272 g/mol. The molecule has 1 fully saturated rings. The van der Waals surface area contributed by atoms with Crippen LogP contribution in [0.3, 0.4) is 0 Å². The largest absolute Gasteiger partial charge is 0.364 e. The number of nitrogen functional groups attached to an aromatic ring is 1. The Morgan fingerprint density at radius 2 is 2.27 bits per heavy atom. The van der Waals surface area contributed by atoms with E-state index in [-0.39, 0.29) is 5.54 Å². The normalized spacial score (nSPS) is 18.1. The summed E-state index contributed by atoms with van der Waals surface area (Å²) in [5.74, 6) is 6.47. The Balaban J connectivity index is 2.19. The molecular weight excluding hydrogens is 258 g/mol. The second kappa shape index (κ2) is 3.94. The monoisotopic (exact) mass is 271 g/mol. The fourth-order valence-corrected chi connectivity index (χ4v) is 1.93. The third kappa shape index (κ3) is 2.21. The summed E-state index contributed by atoms with van der Waals surface area (Å²) in [4.78, 5) is 8.25. The van der Waals surface area contributed by atoms with Crippen molar-refractivity contribution in [1.82, 2.24) is 9.97 Å². The predicted molar refractivity (Wildman–Crippen MR) is 63.4 cm³/mol. The molecule has 1 saturated carbocycles. The molecule has 1 heterocycles. The van der Waals surface area contributed by atoms with Crippen LogP contribution in [0.1, 0.15) is 26.2 Å². The van der Waals surface area contributed by atoms with Crippen molar-refractivity contribution < 1.29 is 0 Å². The van der Waals surface area contributed by atoms with Crippen molar-refractivity contribution in [3.05, 3.63) is 10.7 Å². The summed E-state index contributed by atoms with van der Waals surface area (Å²) in [5.41, 5.74) is 2.60. The van der Waals surface area contributed by atoms with Crippen molar-refractivity contribution in [2.45, 2.75) is 31.7 Å². The number of halogens is 1. The van der Waals surface area contributed by atoms with Gasteiger partial charge in [0.2, 0.25) is 5.95 Å². The Labute approximate surface area is 97.0 Å². The fraction of sp³-hybridized carbons (Fsp3) is 0.556. The topological polar surface area (TPSA) is 75.9 Å². The standard InChI is InChI=1S/C9H14BrN5/c1-9(3-2-4-9)14-7-6(10)5-12-8(13-7)15-11/h5H,2-4,11H2,1H3,(H2,12,13,14,15). The zero-order valence-corrected chi connectivity index (χ0v) is 10.1. The van der Waals surface area contributed by atoms with Crippen LogP contribution in [0.5, 0.6) is 0 Å². The Morgan fingerprint density at radius 1 is 1.53 bits per heavy atom. The smallest absolute Gasteiger partial charge is 0.239 e. The van der Waals surface area contributed by atoms with Gasteiger partial charge in [-0.25, -0.2) is 10.8 Å². The highest BCUT2D eigenvalue weighted by Crippen LogP contribution is 2.35. The molecule has 4 N–H and O–H groups in total. The minimum Gasteiger partial charge on any atom is -0.364 e. The maximum Gasteiger partial charge on any atom is 0.239 e. The molecule has 0 amide bonds. The lowest BCUT2D eigenvalue weighted by Gasteiger charge is -2.39. The number of anilines is 2. The SMILES string of the molecule is CC1(Nc2nc(NN)ncc2Br)CCC1. The van der Waals surface area contributed by atoms with Gasteiger partial charge in [-0.1, -0.05) is 0 Å². The molecule has 0 saturated heterocycles. The zero-order valence-electron chi connectivity index (χ0n) is 8.55. The molecule has 0 unspecified atom stereocenters. The van der Waals surface area contributed by atoms with Crippen molar-refractivity contribution in [2.24, 2.45) is 5.84 Å². The molecule has 0 spiro atoms. The molecule has 1 aromatic heterocycles. The van der Waals surface area contributed by atoms with Gasteiger partial charge in [-0.05, 0) is 42.1 Å². The number of hydrazine groups is 1. The number of aromatic nitrogens is 2. The number of rotatable bonds is 3. The zero-order chi connectivity index (χ0) is 10.9. The van der Waals surface area contributed by atoms with Crippen LogP contribution in [0.4, 0.5) is 11.8 Å². The molecule has 0 aromatic carbocycles. The highest BCUT2D eigenvalue weighted by atomic mass is 79.9. The van der Waals surface area contributed by atoms with E-state index in [2.05, 4.69) is 43.6 Å². The van der Waals surface area contributed by atoms with Gasteiger partial charge in [-0.2, -0.15) is 4.98 Å². The molecule has 15 heavy (non-hydrogen) atoms. The Bertz CT molecular complexity index is 364. The van der Waals surface area contributed by atoms with E-state index < -0.39 is 0 Å². The summed E-state index contributed by atoms with van der Waals surface area (Å²) >= 11 is 3.41. The van der Waals surface area contributed by atoms with E-state index in [1.165, 1.54) is 19.3 Å². The Hall–Kier alpha value is -0.880. The van der Waals surface area contributed by atoms with E-state index in [0.29, 0.717) is 5.95 Å². The number of nitrogens with zero attached hydrogens (tertiary/aromatic N) is 2. The summed E-state index contributed by atoms with van der Waals surface area (Å²) in [6.07, 6.45) is 5.31. The van der Waals surface area contributed by atoms with E-state index in [1.54, 1.807) is 6.20 Å². The van der Waals surface area contributed by atoms with Crippen LogP contribution in [0, 0.1) is 0 Å². The van der Waals surface area contributed by atoms with E-state index in [1.807, 2.05) is 0 Å². The summed E-state index contributed by atoms with van der Waals surface area (Å²) in [6.45, 7) is 2.20. The molecule has 1 aliphatic carbocycles. The minimum absolute atomic E-state index is 0.169. The first-order valence-corrected chi connectivity index (χ1v) is 5.70. The van der Waals surface area contributed by atoms with E-state index in [9.17, 15) is 0 Å². The maximum atomic E-state index is 5.26. The third-order valence-corrected chi connectivity index (χ3v) is 3.33. The lowest BCUT2D eigenvalue weighted by molar-refractivity contribution is 0.305. The Morgan fingerprint density at radius 3 is 2.80 bits per heavy atom. The minimum atomic E-state index is 0.169. The summed E-state index contributed by atoms with van der Waals surface area (Å²) in [6, 6.07) is 0. The second-order valence-corrected chi connectivity index (χ2v) is 4.93. The van der Waals surface area contributed by atoms with Gasteiger partial charge in [-0.3, -0.25) is 5.43 Å². The molecule has 2 rings (SSSR count).